The Morgan fingerprint density at radius 3 is 2.85 bits per heavy atom. The third kappa shape index (κ3) is 2.47. The molecule has 1 saturated heterocycles. The van der Waals surface area contributed by atoms with Crippen LogP contribution in [0, 0.1) is 0 Å². The lowest BCUT2D eigenvalue weighted by Crippen LogP contribution is -2.49. The lowest BCUT2D eigenvalue weighted by Gasteiger charge is -2.45. The second kappa shape index (κ2) is 6.15. The van der Waals surface area contributed by atoms with Crippen molar-refractivity contribution in [2.45, 2.75) is 37.6 Å². The summed E-state index contributed by atoms with van der Waals surface area (Å²) in [7, 11) is 2.00. The van der Waals surface area contributed by atoms with Gasteiger partial charge in [-0.2, -0.15) is 0 Å². The number of nitrogens with zero attached hydrogens (tertiary/aromatic N) is 2. The topological polar surface area (TPSA) is 45.5 Å². The zero-order valence-electron chi connectivity index (χ0n) is 15.6. The molecule has 138 valence electrons. The van der Waals surface area contributed by atoms with E-state index in [0.29, 0.717) is 11.7 Å². The molecule has 1 aliphatic heterocycles. The molecule has 4 heteroatoms. The summed E-state index contributed by atoms with van der Waals surface area (Å²) < 4.78 is 2.04. The molecule has 27 heavy (non-hydrogen) atoms. The van der Waals surface area contributed by atoms with E-state index >= 15 is 0 Å². The monoisotopic (exact) mass is 360 g/mol. The molecular weight excluding hydrogens is 336 g/mol. The molecule has 2 heterocycles. The second-order valence-electron chi connectivity index (χ2n) is 7.87. The molecule has 1 aromatic heterocycles. The van der Waals surface area contributed by atoms with Crippen molar-refractivity contribution in [3.8, 4) is 5.75 Å². The van der Waals surface area contributed by atoms with Crippen LogP contribution in [0.2, 0.25) is 0 Å². The molecule has 2 aromatic carbocycles. The summed E-state index contributed by atoms with van der Waals surface area (Å²) in [5, 5.41) is 11.3. The number of rotatable bonds is 1. The van der Waals surface area contributed by atoms with Gasteiger partial charge in [-0.15, -0.1) is 0 Å². The van der Waals surface area contributed by atoms with Crippen LogP contribution in [0.3, 0.4) is 0 Å². The molecule has 3 aromatic rings. The number of aromatic nitrogens is 1. The summed E-state index contributed by atoms with van der Waals surface area (Å²) >= 11 is 0. The van der Waals surface area contributed by atoms with Gasteiger partial charge in [0, 0.05) is 42.7 Å². The van der Waals surface area contributed by atoms with Crippen LogP contribution in [0.15, 0.2) is 48.7 Å². The fourth-order valence-corrected chi connectivity index (χ4v) is 5.20. The lowest BCUT2D eigenvalue weighted by molar-refractivity contribution is 0.0548. The maximum absolute atomic E-state index is 13.5. The Morgan fingerprint density at radius 1 is 1.11 bits per heavy atom. The zero-order chi connectivity index (χ0) is 18.5. The number of hydrogen-bond donors (Lipinski definition) is 1. The van der Waals surface area contributed by atoms with Gasteiger partial charge in [0.2, 0.25) is 0 Å². The Labute approximate surface area is 159 Å². The van der Waals surface area contributed by atoms with Crippen LogP contribution in [0.25, 0.3) is 10.9 Å². The third-order valence-corrected chi connectivity index (χ3v) is 6.44. The maximum Gasteiger partial charge on any atom is 0.256 e. The van der Waals surface area contributed by atoms with Gasteiger partial charge in [0.15, 0.2) is 0 Å². The first-order valence-electron chi connectivity index (χ1n) is 9.81. The minimum Gasteiger partial charge on any atom is -0.508 e. The molecule has 0 radical (unpaired) electrons. The predicted molar refractivity (Wildman–Crippen MR) is 106 cm³/mol. The van der Waals surface area contributed by atoms with Crippen molar-refractivity contribution in [1.29, 1.82) is 0 Å². The fraction of sp³-hybridized carbons (Fsp3) is 0.348. The average Bonchev–Trinajstić information content (AvgIpc) is 3.04. The third-order valence-electron chi connectivity index (χ3n) is 6.44. The lowest BCUT2D eigenvalue weighted by atomic mass is 9.74. The molecule has 5 rings (SSSR count). The Hall–Kier alpha value is -2.75. The first kappa shape index (κ1) is 16.4. The molecule has 1 unspecified atom stereocenters. The molecule has 2 aliphatic rings. The quantitative estimate of drug-likeness (QED) is 0.706. The van der Waals surface area contributed by atoms with Gasteiger partial charge in [0.05, 0.1) is 5.56 Å². The summed E-state index contributed by atoms with van der Waals surface area (Å²) in [6.45, 7) is 0.817. The van der Waals surface area contributed by atoms with Gasteiger partial charge in [-0.3, -0.25) is 4.79 Å². The van der Waals surface area contributed by atoms with Gasteiger partial charge in [-0.05, 0) is 48.9 Å². The van der Waals surface area contributed by atoms with E-state index in [1.807, 2.05) is 42.1 Å². The number of fused-ring (bicyclic) bond motifs is 4. The molecule has 1 fully saturated rings. The predicted octanol–water partition coefficient (Wildman–Crippen LogP) is 4.22. The van der Waals surface area contributed by atoms with Crippen LogP contribution in [-0.2, 0) is 13.5 Å². The van der Waals surface area contributed by atoms with Crippen molar-refractivity contribution < 1.29 is 9.90 Å². The number of para-hydroxylation sites is 1. The van der Waals surface area contributed by atoms with E-state index in [1.165, 1.54) is 5.56 Å². The Morgan fingerprint density at radius 2 is 1.96 bits per heavy atom. The van der Waals surface area contributed by atoms with Gasteiger partial charge in [-0.1, -0.05) is 30.3 Å². The molecule has 4 nitrogen and oxygen atoms in total. The second-order valence-corrected chi connectivity index (χ2v) is 7.87. The normalized spacial score (nSPS) is 21.7. The highest BCUT2D eigenvalue weighted by Gasteiger charge is 2.39. The zero-order valence-corrected chi connectivity index (χ0v) is 15.6. The molecule has 0 spiro atoms. The van der Waals surface area contributed by atoms with Crippen LogP contribution in [-0.4, -0.2) is 33.1 Å². The van der Waals surface area contributed by atoms with Crippen LogP contribution in [0.4, 0.5) is 0 Å². The Balaban J connectivity index is 1.53. The number of phenolic OH excluding ortho intramolecular Hbond substituents is 1. The largest absolute Gasteiger partial charge is 0.508 e. The first-order valence-corrected chi connectivity index (χ1v) is 9.81. The standard InChI is InChI=1S/C23H24N2O2/c1-24-14-19(17-6-2-3-9-20(17)24)23(27)25-13-5-8-16-15-7-4-10-22(26)18(15)11-12-21(16)25/h2-4,6-7,9-10,14,16,21,26H,5,8,11-13H2,1H3/t16?,21-/m0/s1. The Kier molecular flexibility index (Phi) is 3.74. The molecular formula is C23H24N2O2. The SMILES string of the molecule is Cn1cc(C(=O)N2CCCC3c4cccc(O)c4CC[C@@H]32)c2ccccc21. The number of benzene rings is 2. The number of carbonyl (C=O) groups is 1. The highest BCUT2D eigenvalue weighted by molar-refractivity contribution is 6.07. The fourth-order valence-electron chi connectivity index (χ4n) is 5.20. The highest BCUT2D eigenvalue weighted by atomic mass is 16.3. The number of piperidine rings is 1. The average molecular weight is 360 g/mol. The number of phenols is 1. The molecule has 1 amide bonds. The summed E-state index contributed by atoms with van der Waals surface area (Å²) in [5.41, 5.74) is 4.21. The van der Waals surface area contributed by atoms with Crippen LogP contribution < -0.4 is 0 Å². The number of aryl methyl sites for hydroxylation is 1. The van der Waals surface area contributed by atoms with Crippen molar-refractivity contribution in [2.75, 3.05) is 6.54 Å². The smallest absolute Gasteiger partial charge is 0.256 e. The molecule has 0 saturated carbocycles. The van der Waals surface area contributed by atoms with E-state index in [0.717, 1.165) is 54.3 Å². The number of hydrogen-bond acceptors (Lipinski definition) is 2. The van der Waals surface area contributed by atoms with Crippen molar-refractivity contribution in [1.82, 2.24) is 9.47 Å². The summed E-state index contributed by atoms with van der Waals surface area (Å²) in [6, 6.07) is 14.2. The van der Waals surface area contributed by atoms with Crippen molar-refractivity contribution in [3.05, 3.63) is 65.4 Å². The highest BCUT2D eigenvalue weighted by Crippen LogP contribution is 2.43. The summed E-state index contributed by atoms with van der Waals surface area (Å²) in [4.78, 5) is 15.6. The molecule has 1 aliphatic carbocycles. The minimum atomic E-state index is 0.144. The van der Waals surface area contributed by atoms with Gasteiger partial charge < -0.3 is 14.6 Å². The van der Waals surface area contributed by atoms with E-state index in [1.54, 1.807) is 6.07 Å². The maximum atomic E-state index is 13.5. The molecule has 0 bridgehead atoms. The van der Waals surface area contributed by atoms with Crippen molar-refractivity contribution >= 4 is 16.8 Å². The number of carbonyl (C=O) groups excluding carboxylic acids is 1. The number of amides is 1. The van der Waals surface area contributed by atoms with Crippen LogP contribution >= 0.6 is 0 Å². The van der Waals surface area contributed by atoms with Gasteiger partial charge >= 0.3 is 0 Å². The summed E-state index contributed by atoms with van der Waals surface area (Å²) in [6.07, 6.45) is 5.82. The number of likely N-dealkylation sites (tertiary alicyclic amines) is 1. The van der Waals surface area contributed by atoms with Crippen LogP contribution in [0.1, 0.15) is 46.7 Å². The van der Waals surface area contributed by atoms with Gasteiger partial charge in [0.1, 0.15) is 5.75 Å². The van der Waals surface area contributed by atoms with E-state index in [-0.39, 0.29) is 11.9 Å². The van der Waals surface area contributed by atoms with E-state index in [4.69, 9.17) is 0 Å². The molecule has 2 atom stereocenters. The van der Waals surface area contributed by atoms with Crippen molar-refractivity contribution in [2.24, 2.45) is 7.05 Å². The Bertz CT molecular complexity index is 1040. The minimum absolute atomic E-state index is 0.144. The number of aromatic hydroxyl groups is 1. The molecule has 1 N–H and O–H groups in total. The van der Waals surface area contributed by atoms with E-state index < -0.39 is 0 Å². The van der Waals surface area contributed by atoms with Gasteiger partial charge in [-0.25, -0.2) is 0 Å². The van der Waals surface area contributed by atoms with E-state index in [9.17, 15) is 9.90 Å². The first-order chi connectivity index (χ1) is 13.1. The van der Waals surface area contributed by atoms with E-state index in [2.05, 4.69) is 17.0 Å². The van der Waals surface area contributed by atoms with Crippen LogP contribution in [0.5, 0.6) is 5.75 Å². The van der Waals surface area contributed by atoms with Crippen molar-refractivity contribution in [3.63, 3.8) is 0 Å². The summed E-state index contributed by atoms with van der Waals surface area (Å²) in [5.74, 6) is 0.877. The van der Waals surface area contributed by atoms with Gasteiger partial charge in [0.25, 0.3) is 5.91 Å².